The van der Waals surface area contributed by atoms with Gasteiger partial charge in [-0.3, -0.25) is 0 Å². The van der Waals surface area contributed by atoms with E-state index in [4.69, 9.17) is 19.9 Å². The molecule has 0 saturated heterocycles. The van der Waals surface area contributed by atoms with E-state index in [1.807, 2.05) is 120 Å². The van der Waals surface area contributed by atoms with Gasteiger partial charge in [0.1, 0.15) is 0 Å². The first kappa shape index (κ1) is 57.1. The largest absolute Gasteiger partial charge is 0.309 e. The van der Waals surface area contributed by atoms with Gasteiger partial charge in [0.25, 0.3) is 0 Å². The quantitative estimate of drug-likeness (QED) is 0.106. The molecule has 450 valence electrons. The van der Waals surface area contributed by atoms with E-state index < -0.39 is 7.14 Å². The summed E-state index contributed by atoms with van der Waals surface area (Å²) in [4.78, 5) is 20.8. The van der Waals surface area contributed by atoms with Gasteiger partial charge in [-0.15, -0.1) is 22.7 Å². The maximum Gasteiger partial charge on any atom is 0.171 e. The second-order valence-corrected chi connectivity index (χ2v) is 29.1. The monoisotopic (exact) mass is 1280 g/mol. The Labute approximate surface area is 562 Å². The Morgan fingerprint density at radius 3 is 1.17 bits per heavy atom. The number of rotatable bonds is 9. The second kappa shape index (κ2) is 23.8. The van der Waals surface area contributed by atoms with Crippen molar-refractivity contribution in [2.45, 2.75) is 0 Å². The molecule has 0 unspecified atom stereocenters. The van der Waals surface area contributed by atoms with Gasteiger partial charge in [0.05, 0.1) is 43.0 Å². The van der Waals surface area contributed by atoms with Gasteiger partial charge in [-0.25, -0.2) is 19.9 Å². The molecule has 0 fully saturated rings. The number of nitrogens with zero attached hydrogens (tertiary/aromatic N) is 4. The lowest BCUT2D eigenvalue weighted by atomic mass is 9.97. The fourth-order valence-electron chi connectivity index (χ4n) is 13.9. The second-order valence-electron chi connectivity index (χ2n) is 24.2. The highest BCUT2D eigenvalue weighted by Gasteiger charge is 2.30. The van der Waals surface area contributed by atoms with Crippen molar-refractivity contribution in [2.24, 2.45) is 0 Å². The molecule has 5 aromatic heterocycles. The fourth-order valence-corrected chi connectivity index (χ4v) is 19.0. The minimum absolute atomic E-state index is 0.731. The molecule has 0 aliphatic carbocycles. The standard InChI is InChI=1S/C45H27N3S.C43H28NOPS/c1-2-12-31(13-3-1)45-46-38-19-8-6-17-35(38)41(48-45)30-23-21-28(22-24-30)32-14-10-15-33(27-32)42-44-40(36-18-7-9-20-39(36)49-44)37-26-25-29-11-4-5-16-34(29)43(37)47-42;45-46(33-15-3-1-4-16-33,34-17-5-2-6-18-34)35-25-22-29(23-26-35)31-13-11-14-32(28-31)41-43-40(37-20-9-10-21-39(37)47-43)38-27-24-30-12-7-8-19-36(30)42(38)44-41/h1-27H;1-28H. The molecule has 0 radical (unpaired) electrons. The van der Waals surface area contributed by atoms with Crippen molar-refractivity contribution in [3.05, 3.63) is 334 Å². The van der Waals surface area contributed by atoms with Gasteiger partial charge in [0.2, 0.25) is 0 Å². The molecule has 5 nitrogen and oxygen atoms in total. The SMILES string of the molecule is O=P(c1ccccc1)(c1ccccc1)c1ccc(-c2cccc(-c3nc4c5ccccc5ccc4c4c3sc3ccccc34)c2)cc1.c1ccc(-c2nc(-c3ccc(-c4cccc(-c5nc6c7ccccc7ccc6c6c5sc5ccccc56)c4)cc3)c3ccccc3n2)cc1. The van der Waals surface area contributed by atoms with Crippen LogP contribution in [0.4, 0.5) is 0 Å². The van der Waals surface area contributed by atoms with Crippen molar-refractivity contribution >= 4 is 140 Å². The molecule has 96 heavy (non-hydrogen) atoms. The molecular formula is C88H55N4OPS2. The van der Waals surface area contributed by atoms with Crippen molar-refractivity contribution in [2.75, 3.05) is 0 Å². The van der Waals surface area contributed by atoms with Gasteiger partial charge >= 0.3 is 0 Å². The van der Waals surface area contributed by atoms with E-state index in [0.29, 0.717) is 0 Å². The highest BCUT2D eigenvalue weighted by Crippen LogP contribution is 2.48. The molecule has 0 bridgehead atoms. The van der Waals surface area contributed by atoms with Crippen LogP contribution in [0.1, 0.15) is 0 Å². The van der Waals surface area contributed by atoms with Crippen molar-refractivity contribution in [3.63, 3.8) is 0 Å². The number of hydrogen-bond acceptors (Lipinski definition) is 7. The van der Waals surface area contributed by atoms with Crippen LogP contribution in [0.15, 0.2) is 334 Å². The van der Waals surface area contributed by atoms with Crippen LogP contribution in [0.25, 0.3) is 162 Å². The maximum absolute atomic E-state index is 14.9. The van der Waals surface area contributed by atoms with Crippen molar-refractivity contribution in [3.8, 4) is 67.4 Å². The van der Waals surface area contributed by atoms with Gasteiger partial charge in [0.15, 0.2) is 13.0 Å². The fraction of sp³-hybridized carbons (Fsp3) is 0. The third kappa shape index (κ3) is 9.86. The average Bonchev–Trinajstić information content (AvgIpc) is 1.50. The first-order valence-corrected chi connectivity index (χ1v) is 35.5. The van der Waals surface area contributed by atoms with E-state index in [9.17, 15) is 4.57 Å². The van der Waals surface area contributed by atoms with Gasteiger partial charge in [-0.2, -0.15) is 0 Å². The Balaban J connectivity index is 0.000000140. The highest BCUT2D eigenvalue weighted by atomic mass is 32.1. The van der Waals surface area contributed by atoms with Crippen LogP contribution < -0.4 is 15.9 Å². The Morgan fingerprint density at radius 1 is 0.250 bits per heavy atom. The number of hydrogen-bond donors (Lipinski definition) is 0. The van der Waals surface area contributed by atoms with Crippen LogP contribution in [-0.4, -0.2) is 19.9 Å². The topological polar surface area (TPSA) is 68.6 Å². The number of benzene rings is 14. The average molecular weight is 1280 g/mol. The van der Waals surface area contributed by atoms with Crippen LogP contribution >= 0.6 is 29.8 Å². The lowest BCUT2D eigenvalue weighted by molar-refractivity contribution is 0.592. The predicted octanol–water partition coefficient (Wildman–Crippen LogP) is 23.1. The third-order valence-corrected chi connectivity index (χ3v) is 24.0. The Bertz CT molecular complexity index is 6250. The van der Waals surface area contributed by atoms with Crippen molar-refractivity contribution < 1.29 is 4.57 Å². The van der Waals surface area contributed by atoms with Gasteiger partial charge < -0.3 is 4.57 Å². The number of fused-ring (bicyclic) bond motifs is 15. The molecular weight excluding hydrogens is 1220 g/mol. The van der Waals surface area contributed by atoms with E-state index in [-0.39, 0.29) is 0 Å². The van der Waals surface area contributed by atoms with Crippen molar-refractivity contribution in [1.29, 1.82) is 0 Å². The minimum Gasteiger partial charge on any atom is -0.309 e. The molecule has 19 aromatic rings. The molecule has 14 aromatic carbocycles. The van der Waals surface area contributed by atoms with Crippen LogP contribution in [0.5, 0.6) is 0 Å². The summed E-state index contributed by atoms with van der Waals surface area (Å²) in [5.74, 6) is 0.731. The highest BCUT2D eigenvalue weighted by molar-refractivity contribution is 7.85. The summed E-state index contributed by atoms with van der Waals surface area (Å²) in [5.41, 5.74) is 14.7. The normalized spacial score (nSPS) is 11.8. The summed E-state index contributed by atoms with van der Waals surface area (Å²) < 4.78 is 19.9. The van der Waals surface area contributed by atoms with E-state index in [1.54, 1.807) is 0 Å². The third-order valence-electron chi connectivity index (χ3n) is 18.6. The summed E-state index contributed by atoms with van der Waals surface area (Å²) in [7, 11) is -3.04. The molecule has 0 aliphatic heterocycles. The minimum atomic E-state index is -3.04. The van der Waals surface area contributed by atoms with Crippen LogP contribution in [0, 0.1) is 0 Å². The number of thiophene rings is 2. The zero-order valence-corrected chi connectivity index (χ0v) is 54.2. The lowest BCUT2D eigenvalue weighted by Gasteiger charge is -2.20. The van der Waals surface area contributed by atoms with E-state index >= 15 is 0 Å². The summed E-state index contributed by atoms with van der Waals surface area (Å²) in [5, 5.41) is 15.8. The Morgan fingerprint density at radius 2 is 0.646 bits per heavy atom. The van der Waals surface area contributed by atoms with Crippen LogP contribution in [0.2, 0.25) is 0 Å². The molecule has 0 aliphatic rings. The van der Waals surface area contributed by atoms with E-state index in [2.05, 4.69) is 237 Å². The molecule has 0 amide bonds. The molecule has 0 saturated carbocycles. The van der Waals surface area contributed by atoms with Gasteiger partial charge in [0, 0.05) is 96.0 Å². The van der Waals surface area contributed by atoms with E-state index in [0.717, 1.165) is 111 Å². The number of aromatic nitrogens is 4. The molecule has 5 heterocycles. The van der Waals surface area contributed by atoms with Crippen molar-refractivity contribution in [1.82, 2.24) is 19.9 Å². The summed E-state index contributed by atoms with van der Waals surface area (Å²) >= 11 is 3.64. The van der Waals surface area contributed by atoms with E-state index in [1.165, 1.54) is 67.3 Å². The zero-order valence-electron chi connectivity index (χ0n) is 51.7. The first-order valence-electron chi connectivity index (χ1n) is 32.2. The Kier molecular flexibility index (Phi) is 14.1. The van der Waals surface area contributed by atoms with Crippen LogP contribution in [0.3, 0.4) is 0 Å². The summed E-state index contributed by atoms with van der Waals surface area (Å²) in [6.45, 7) is 0. The smallest absolute Gasteiger partial charge is 0.171 e. The summed E-state index contributed by atoms with van der Waals surface area (Å²) in [6, 6.07) is 116. The van der Waals surface area contributed by atoms with Crippen LogP contribution in [-0.2, 0) is 4.57 Å². The molecule has 0 spiro atoms. The molecule has 0 atom stereocenters. The molecule has 8 heteroatoms. The van der Waals surface area contributed by atoms with Gasteiger partial charge in [-0.1, -0.05) is 303 Å². The molecule has 0 N–H and O–H groups in total. The maximum atomic E-state index is 14.9. The molecule has 19 rings (SSSR count). The number of pyridine rings is 2. The predicted molar refractivity (Wildman–Crippen MR) is 409 cm³/mol. The summed E-state index contributed by atoms with van der Waals surface area (Å²) in [6.07, 6.45) is 0. The lowest BCUT2D eigenvalue weighted by Crippen LogP contribution is -2.24. The zero-order chi connectivity index (χ0) is 63.7. The van der Waals surface area contributed by atoms with Gasteiger partial charge in [-0.05, 0) is 63.4 Å². The number of para-hydroxylation sites is 1. The Hall–Kier alpha value is -11.6. The first-order chi connectivity index (χ1) is 47.5.